The van der Waals surface area contributed by atoms with E-state index in [1.165, 1.54) is 24.1 Å². The molecule has 1 aromatic rings. The zero-order valence-corrected chi connectivity index (χ0v) is 7.77. The van der Waals surface area contributed by atoms with Crippen LogP contribution in [0.4, 0.5) is 0 Å². The fourth-order valence-corrected chi connectivity index (χ4v) is 1.87. The molecular weight excluding hydrogens is 162 g/mol. The van der Waals surface area contributed by atoms with Crippen LogP contribution in [0.15, 0.2) is 6.58 Å². The Balaban J connectivity index is 2.36. The number of hydrogen-bond acceptors (Lipinski definition) is 2. The van der Waals surface area contributed by atoms with Crippen molar-refractivity contribution in [2.45, 2.75) is 25.7 Å². The van der Waals surface area contributed by atoms with Gasteiger partial charge in [-0.05, 0) is 31.3 Å². The fourth-order valence-electron chi connectivity index (χ4n) is 1.87. The van der Waals surface area contributed by atoms with Gasteiger partial charge in [-0.1, -0.05) is 6.58 Å². The number of nitrogens with two attached hydrogens (primary N) is 1. The Morgan fingerprint density at radius 2 is 2.23 bits per heavy atom. The minimum Gasteiger partial charge on any atom is -0.326 e. The van der Waals surface area contributed by atoms with Gasteiger partial charge in [-0.3, -0.25) is 5.10 Å². The van der Waals surface area contributed by atoms with Gasteiger partial charge in [-0.2, -0.15) is 5.10 Å². The van der Waals surface area contributed by atoms with Crippen molar-refractivity contribution in [2.75, 3.05) is 6.54 Å². The second-order valence-electron chi connectivity index (χ2n) is 3.54. The van der Waals surface area contributed by atoms with Crippen LogP contribution in [0.5, 0.6) is 0 Å². The van der Waals surface area contributed by atoms with Gasteiger partial charge >= 0.3 is 0 Å². The highest BCUT2D eigenvalue weighted by Gasteiger charge is 2.17. The average Bonchev–Trinajstić information content (AvgIpc) is 2.60. The Labute approximate surface area is 78.0 Å². The van der Waals surface area contributed by atoms with E-state index in [-0.39, 0.29) is 0 Å². The van der Waals surface area contributed by atoms with Gasteiger partial charge in [0.25, 0.3) is 0 Å². The zero-order valence-electron chi connectivity index (χ0n) is 7.77. The summed E-state index contributed by atoms with van der Waals surface area (Å²) in [5, 5.41) is 7.34. The molecule has 0 atom stereocenters. The maximum atomic E-state index is 5.54. The highest BCUT2D eigenvalue weighted by atomic mass is 15.1. The summed E-state index contributed by atoms with van der Waals surface area (Å²) in [7, 11) is 0. The van der Waals surface area contributed by atoms with Crippen molar-refractivity contribution < 1.29 is 0 Å². The number of H-pyrrole nitrogens is 1. The van der Waals surface area contributed by atoms with Gasteiger partial charge in [-0.25, -0.2) is 0 Å². The van der Waals surface area contributed by atoms with Crippen LogP contribution in [0.1, 0.15) is 29.8 Å². The SMILES string of the molecule is C=C(CN)c1n[nH]c2c1CCCC2. The van der Waals surface area contributed by atoms with Crippen LogP contribution in [0.2, 0.25) is 0 Å². The molecule has 0 spiro atoms. The molecule has 13 heavy (non-hydrogen) atoms. The van der Waals surface area contributed by atoms with Crippen LogP contribution >= 0.6 is 0 Å². The summed E-state index contributed by atoms with van der Waals surface area (Å²) in [5.74, 6) is 0. The van der Waals surface area contributed by atoms with E-state index in [0.717, 1.165) is 24.1 Å². The Bertz CT molecular complexity index is 325. The molecule has 0 saturated heterocycles. The van der Waals surface area contributed by atoms with Gasteiger partial charge in [0.1, 0.15) is 0 Å². The molecule has 0 aliphatic heterocycles. The molecule has 1 aliphatic carbocycles. The number of nitrogens with one attached hydrogen (secondary N) is 1. The summed E-state index contributed by atoms with van der Waals surface area (Å²) >= 11 is 0. The Kier molecular flexibility index (Phi) is 2.19. The van der Waals surface area contributed by atoms with Crippen LogP contribution in [0.3, 0.4) is 0 Å². The van der Waals surface area contributed by atoms with Gasteiger partial charge in [0.05, 0.1) is 5.69 Å². The first kappa shape index (κ1) is 8.51. The van der Waals surface area contributed by atoms with Crippen molar-refractivity contribution >= 4 is 5.57 Å². The van der Waals surface area contributed by atoms with E-state index in [0.29, 0.717) is 6.54 Å². The molecule has 2 rings (SSSR count). The molecule has 1 heterocycles. The minimum absolute atomic E-state index is 0.497. The topological polar surface area (TPSA) is 54.7 Å². The molecule has 0 amide bonds. The second kappa shape index (κ2) is 3.34. The molecule has 3 nitrogen and oxygen atoms in total. The monoisotopic (exact) mass is 177 g/mol. The van der Waals surface area contributed by atoms with Crippen molar-refractivity contribution in [2.24, 2.45) is 5.73 Å². The standard InChI is InChI=1S/C10H15N3/c1-7(6-11)10-8-4-2-3-5-9(8)12-13-10/h1-6,11H2,(H,12,13). The number of nitrogens with zero attached hydrogens (tertiary/aromatic N) is 1. The molecule has 0 saturated carbocycles. The average molecular weight is 177 g/mol. The molecule has 0 radical (unpaired) electrons. The number of fused-ring (bicyclic) bond motifs is 1. The molecule has 1 aromatic heterocycles. The summed E-state index contributed by atoms with van der Waals surface area (Å²) in [6.45, 7) is 4.41. The van der Waals surface area contributed by atoms with Crippen molar-refractivity contribution in [3.05, 3.63) is 23.5 Å². The highest BCUT2D eigenvalue weighted by molar-refractivity contribution is 5.65. The predicted molar refractivity (Wildman–Crippen MR) is 53.3 cm³/mol. The number of hydrogen-bond donors (Lipinski definition) is 2. The Morgan fingerprint density at radius 1 is 1.46 bits per heavy atom. The molecular formula is C10H15N3. The first-order valence-corrected chi connectivity index (χ1v) is 4.77. The summed E-state index contributed by atoms with van der Waals surface area (Å²) in [5.41, 5.74) is 10.1. The van der Waals surface area contributed by atoms with E-state index < -0.39 is 0 Å². The van der Waals surface area contributed by atoms with Crippen LogP contribution in [0.25, 0.3) is 5.57 Å². The maximum Gasteiger partial charge on any atom is 0.0922 e. The zero-order chi connectivity index (χ0) is 9.26. The van der Waals surface area contributed by atoms with E-state index in [1.807, 2.05) is 0 Å². The minimum atomic E-state index is 0.497. The van der Waals surface area contributed by atoms with Crippen molar-refractivity contribution in [1.82, 2.24) is 10.2 Å². The summed E-state index contributed by atoms with van der Waals surface area (Å²) in [6.07, 6.45) is 4.78. The van der Waals surface area contributed by atoms with Crippen LogP contribution < -0.4 is 5.73 Å². The fraction of sp³-hybridized carbons (Fsp3) is 0.500. The lowest BCUT2D eigenvalue weighted by Crippen LogP contribution is -2.06. The van der Waals surface area contributed by atoms with E-state index in [4.69, 9.17) is 5.73 Å². The highest BCUT2D eigenvalue weighted by Crippen LogP contribution is 2.25. The van der Waals surface area contributed by atoms with Crippen LogP contribution in [-0.4, -0.2) is 16.7 Å². The molecule has 3 N–H and O–H groups in total. The summed E-state index contributed by atoms with van der Waals surface area (Å²) < 4.78 is 0. The molecule has 0 fully saturated rings. The Hall–Kier alpha value is -1.09. The maximum absolute atomic E-state index is 5.54. The molecule has 0 aromatic carbocycles. The number of aromatic nitrogens is 2. The largest absolute Gasteiger partial charge is 0.326 e. The number of aromatic amines is 1. The third kappa shape index (κ3) is 1.40. The number of aryl methyl sites for hydroxylation is 1. The van der Waals surface area contributed by atoms with Gasteiger partial charge < -0.3 is 5.73 Å². The summed E-state index contributed by atoms with van der Waals surface area (Å²) in [6, 6.07) is 0. The van der Waals surface area contributed by atoms with Crippen LogP contribution in [0, 0.1) is 0 Å². The molecule has 0 bridgehead atoms. The van der Waals surface area contributed by atoms with Crippen LogP contribution in [-0.2, 0) is 12.8 Å². The van der Waals surface area contributed by atoms with Gasteiger partial charge in [-0.15, -0.1) is 0 Å². The number of rotatable bonds is 2. The third-order valence-electron chi connectivity index (χ3n) is 2.64. The van der Waals surface area contributed by atoms with Gasteiger partial charge in [0, 0.05) is 17.8 Å². The first-order valence-electron chi connectivity index (χ1n) is 4.77. The van der Waals surface area contributed by atoms with Crippen molar-refractivity contribution in [3.8, 4) is 0 Å². The van der Waals surface area contributed by atoms with Crippen molar-refractivity contribution in [1.29, 1.82) is 0 Å². The van der Waals surface area contributed by atoms with E-state index in [2.05, 4.69) is 16.8 Å². The predicted octanol–water partition coefficient (Wildman–Crippen LogP) is 1.26. The quantitative estimate of drug-likeness (QED) is 0.714. The molecule has 0 unspecified atom stereocenters. The molecule has 3 heteroatoms. The van der Waals surface area contributed by atoms with Crippen molar-refractivity contribution in [3.63, 3.8) is 0 Å². The molecule has 1 aliphatic rings. The first-order chi connectivity index (χ1) is 6.33. The normalized spacial score (nSPS) is 15.5. The van der Waals surface area contributed by atoms with Gasteiger partial charge in [0.2, 0.25) is 0 Å². The lowest BCUT2D eigenvalue weighted by molar-refractivity contribution is 0.674. The van der Waals surface area contributed by atoms with E-state index in [1.54, 1.807) is 0 Å². The Morgan fingerprint density at radius 3 is 3.00 bits per heavy atom. The summed E-state index contributed by atoms with van der Waals surface area (Å²) in [4.78, 5) is 0. The van der Waals surface area contributed by atoms with E-state index >= 15 is 0 Å². The third-order valence-corrected chi connectivity index (χ3v) is 2.64. The smallest absolute Gasteiger partial charge is 0.0922 e. The lowest BCUT2D eigenvalue weighted by Gasteiger charge is -2.11. The van der Waals surface area contributed by atoms with E-state index in [9.17, 15) is 0 Å². The second-order valence-corrected chi connectivity index (χ2v) is 3.54. The van der Waals surface area contributed by atoms with Gasteiger partial charge in [0.15, 0.2) is 0 Å². The lowest BCUT2D eigenvalue weighted by atomic mass is 9.94. The molecule has 70 valence electrons.